The van der Waals surface area contributed by atoms with Gasteiger partial charge in [-0.1, -0.05) is 0 Å². The lowest BCUT2D eigenvalue weighted by Gasteiger charge is -2.37. The molecule has 4 rings (SSSR count). The van der Waals surface area contributed by atoms with Gasteiger partial charge in [0.15, 0.2) is 5.82 Å². The van der Waals surface area contributed by atoms with Gasteiger partial charge in [0.25, 0.3) is 5.91 Å². The SMILES string of the molecule is CN(C(=O)c1cnn2ccncc12)C1CCCN(c2cccnn2)C1. The van der Waals surface area contributed by atoms with Crippen molar-refractivity contribution in [2.45, 2.75) is 18.9 Å². The second-order valence-corrected chi connectivity index (χ2v) is 6.20. The number of hydrogen-bond acceptors (Lipinski definition) is 6. The first kappa shape index (κ1) is 15.5. The Balaban J connectivity index is 1.53. The average Bonchev–Trinajstić information content (AvgIpc) is 3.12. The van der Waals surface area contributed by atoms with Gasteiger partial charge in [-0.25, -0.2) is 4.52 Å². The zero-order valence-corrected chi connectivity index (χ0v) is 14.0. The summed E-state index contributed by atoms with van der Waals surface area (Å²) >= 11 is 0. The molecule has 3 aromatic heterocycles. The Morgan fingerprint density at radius 1 is 1.32 bits per heavy atom. The third-order valence-corrected chi connectivity index (χ3v) is 4.70. The van der Waals surface area contributed by atoms with Crippen LogP contribution in [-0.4, -0.2) is 61.8 Å². The van der Waals surface area contributed by atoms with Crippen molar-refractivity contribution < 1.29 is 4.79 Å². The molecule has 0 aliphatic carbocycles. The molecule has 0 aromatic carbocycles. The van der Waals surface area contributed by atoms with Crippen LogP contribution in [-0.2, 0) is 0 Å². The Bertz CT molecular complexity index is 879. The van der Waals surface area contributed by atoms with E-state index in [0.29, 0.717) is 5.56 Å². The smallest absolute Gasteiger partial charge is 0.257 e. The minimum absolute atomic E-state index is 0.0333. The zero-order chi connectivity index (χ0) is 17.2. The van der Waals surface area contributed by atoms with Gasteiger partial charge < -0.3 is 9.80 Å². The van der Waals surface area contributed by atoms with Crippen LogP contribution in [0.5, 0.6) is 0 Å². The molecule has 1 atom stereocenters. The third kappa shape index (κ3) is 2.90. The van der Waals surface area contributed by atoms with E-state index in [1.54, 1.807) is 35.5 Å². The number of fused-ring (bicyclic) bond motifs is 1. The van der Waals surface area contributed by atoms with Crippen LogP contribution in [0.3, 0.4) is 0 Å². The van der Waals surface area contributed by atoms with Crippen LogP contribution in [0.1, 0.15) is 23.2 Å². The molecule has 1 fully saturated rings. The minimum Gasteiger partial charge on any atom is -0.353 e. The van der Waals surface area contributed by atoms with Gasteiger partial charge in [-0.3, -0.25) is 9.78 Å². The van der Waals surface area contributed by atoms with E-state index >= 15 is 0 Å². The van der Waals surface area contributed by atoms with E-state index in [1.807, 2.05) is 24.1 Å². The van der Waals surface area contributed by atoms with E-state index < -0.39 is 0 Å². The molecule has 4 heterocycles. The van der Waals surface area contributed by atoms with Crippen LogP contribution >= 0.6 is 0 Å². The zero-order valence-electron chi connectivity index (χ0n) is 14.0. The van der Waals surface area contributed by atoms with Crippen LogP contribution in [0, 0.1) is 0 Å². The molecule has 8 nitrogen and oxygen atoms in total. The Kier molecular flexibility index (Phi) is 4.01. The number of nitrogens with zero attached hydrogens (tertiary/aromatic N) is 7. The molecule has 1 amide bonds. The van der Waals surface area contributed by atoms with E-state index in [4.69, 9.17) is 0 Å². The maximum absolute atomic E-state index is 13.0. The summed E-state index contributed by atoms with van der Waals surface area (Å²) in [4.78, 5) is 21.1. The van der Waals surface area contributed by atoms with Crippen molar-refractivity contribution in [2.24, 2.45) is 0 Å². The van der Waals surface area contributed by atoms with E-state index in [1.165, 1.54) is 0 Å². The molecule has 0 saturated carbocycles. The highest BCUT2D eigenvalue weighted by Gasteiger charge is 2.28. The normalized spacial score (nSPS) is 17.6. The molecule has 0 radical (unpaired) electrons. The highest BCUT2D eigenvalue weighted by molar-refractivity contribution is 6.00. The standard InChI is InChI=1S/C17H19N7O/c1-22(17(25)14-10-20-24-9-7-18-11-15(14)24)13-4-3-8-23(12-13)16-5-2-6-19-21-16/h2,5-7,9-11,13H,3-4,8,12H2,1H3. The Morgan fingerprint density at radius 2 is 2.24 bits per heavy atom. The first-order valence-electron chi connectivity index (χ1n) is 8.31. The monoisotopic (exact) mass is 337 g/mol. The van der Waals surface area contributed by atoms with Gasteiger partial charge in [0.1, 0.15) is 0 Å². The van der Waals surface area contributed by atoms with E-state index in [9.17, 15) is 4.79 Å². The van der Waals surface area contributed by atoms with E-state index in [0.717, 1.165) is 37.3 Å². The highest BCUT2D eigenvalue weighted by atomic mass is 16.2. The lowest BCUT2D eigenvalue weighted by molar-refractivity contribution is 0.0719. The van der Waals surface area contributed by atoms with Gasteiger partial charge in [-0.15, -0.1) is 5.10 Å². The number of likely N-dealkylation sites (N-methyl/N-ethyl adjacent to an activating group) is 1. The lowest BCUT2D eigenvalue weighted by Crippen LogP contribution is -2.48. The molecule has 25 heavy (non-hydrogen) atoms. The van der Waals surface area contributed by atoms with E-state index in [-0.39, 0.29) is 11.9 Å². The molecule has 1 aliphatic rings. The van der Waals surface area contributed by atoms with Crippen molar-refractivity contribution in [3.8, 4) is 0 Å². The number of hydrogen-bond donors (Lipinski definition) is 0. The van der Waals surface area contributed by atoms with Crippen LogP contribution < -0.4 is 4.90 Å². The number of anilines is 1. The summed E-state index contributed by atoms with van der Waals surface area (Å²) in [6.07, 6.45) is 10.3. The van der Waals surface area contributed by atoms with Gasteiger partial charge in [0.2, 0.25) is 0 Å². The third-order valence-electron chi connectivity index (χ3n) is 4.70. The summed E-state index contributed by atoms with van der Waals surface area (Å²) in [5, 5.41) is 12.4. The largest absolute Gasteiger partial charge is 0.353 e. The predicted molar refractivity (Wildman–Crippen MR) is 92.3 cm³/mol. The second-order valence-electron chi connectivity index (χ2n) is 6.20. The van der Waals surface area contributed by atoms with Gasteiger partial charge in [-0.2, -0.15) is 10.2 Å². The molecule has 8 heteroatoms. The minimum atomic E-state index is -0.0333. The van der Waals surface area contributed by atoms with Crippen molar-refractivity contribution in [3.05, 3.63) is 48.7 Å². The molecule has 1 unspecified atom stereocenters. The summed E-state index contributed by atoms with van der Waals surface area (Å²) in [5.41, 5.74) is 1.30. The molecule has 1 aliphatic heterocycles. The number of piperidine rings is 1. The number of rotatable bonds is 3. The van der Waals surface area contributed by atoms with Crippen molar-refractivity contribution in [2.75, 3.05) is 25.0 Å². The van der Waals surface area contributed by atoms with Gasteiger partial charge in [0.05, 0.1) is 23.5 Å². The van der Waals surface area contributed by atoms with Crippen molar-refractivity contribution in [3.63, 3.8) is 0 Å². The van der Waals surface area contributed by atoms with Crippen LogP contribution in [0.4, 0.5) is 5.82 Å². The first-order valence-corrected chi connectivity index (χ1v) is 8.31. The molecule has 0 spiro atoms. The molecule has 128 valence electrons. The van der Waals surface area contributed by atoms with Crippen molar-refractivity contribution in [1.29, 1.82) is 0 Å². The van der Waals surface area contributed by atoms with Crippen molar-refractivity contribution in [1.82, 2.24) is 29.7 Å². The summed E-state index contributed by atoms with van der Waals surface area (Å²) < 4.78 is 1.67. The average molecular weight is 337 g/mol. The summed E-state index contributed by atoms with van der Waals surface area (Å²) in [7, 11) is 1.85. The number of aromatic nitrogens is 5. The molecule has 1 saturated heterocycles. The highest BCUT2D eigenvalue weighted by Crippen LogP contribution is 2.21. The van der Waals surface area contributed by atoms with Crippen LogP contribution in [0.25, 0.3) is 5.52 Å². The molecular weight excluding hydrogens is 318 g/mol. The molecule has 0 bridgehead atoms. The quantitative estimate of drug-likeness (QED) is 0.716. The fourth-order valence-electron chi connectivity index (χ4n) is 3.30. The van der Waals surface area contributed by atoms with Crippen molar-refractivity contribution >= 4 is 17.2 Å². The Morgan fingerprint density at radius 3 is 3.08 bits per heavy atom. The van der Waals surface area contributed by atoms with Gasteiger partial charge in [0, 0.05) is 44.8 Å². The van der Waals surface area contributed by atoms with Gasteiger partial charge >= 0.3 is 0 Å². The van der Waals surface area contributed by atoms with Gasteiger partial charge in [-0.05, 0) is 25.0 Å². The first-order chi connectivity index (χ1) is 12.2. The summed E-state index contributed by atoms with van der Waals surface area (Å²) in [6.45, 7) is 1.68. The maximum Gasteiger partial charge on any atom is 0.257 e. The maximum atomic E-state index is 13.0. The second kappa shape index (κ2) is 6.46. The lowest BCUT2D eigenvalue weighted by atomic mass is 10.0. The predicted octanol–water partition coefficient (Wildman–Crippen LogP) is 1.26. The fraction of sp³-hybridized carbons (Fsp3) is 0.353. The van der Waals surface area contributed by atoms with E-state index in [2.05, 4.69) is 25.2 Å². The topological polar surface area (TPSA) is 79.5 Å². The fourth-order valence-corrected chi connectivity index (χ4v) is 3.30. The molecule has 0 N–H and O–H groups in total. The molecule has 3 aromatic rings. The van der Waals surface area contributed by atoms with Crippen LogP contribution in [0.2, 0.25) is 0 Å². The molecular formula is C17H19N7O. The summed E-state index contributed by atoms with van der Waals surface area (Å²) in [6, 6.07) is 3.95. The van der Waals surface area contributed by atoms with Crippen LogP contribution in [0.15, 0.2) is 43.1 Å². The number of carbonyl (C=O) groups excluding carboxylic acids is 1. The summed E-state index contributed by atoms with van der Waals surface area (Å²) in [5.74, 6) is 0.822. The number of carbonyl (C=O) groups is 1. The Hall–Kier alpha value is -3.03. The Labute approximate surface area is 145 Å². The number of amides is 1.